The van der Waals surface area contributed by atoms with Gasteiger partial charge in [0.1, 0.15) is 0 Å². The van der Waals surface area contributed by atoms with Crippen LogP contribution in [0.3, 0.4) is 0 Å². The van der Waals surface area contributed by atoms with Gasteiger partial charge in [-0.2, -0.15) is 0 Å². The molecule has 2 unspecified atom stereocenters. The first kappa shape index (κ1) is 9.50. The van der Waals surface area contributed by atoms with Crippen LogP contribution in [-0.2, 0) is 0 Å². The first-order valence-electron chi connectivity index (χ1n) is 5.08. The van der Waals surface area contributed by atoms with Gasteiger partial charge in [0, 0.05) is 30.2 Å². The molecule has 0 aromatic carbocycles. The van der Waals surface area contributed by atoms with Gasteiger partial charge in [-0.1, -0.05) is 17.7 Å². The standard InChI is InChI=1S/C10H17ClN2/c11-4-1-5-13-9-2-3-10(13)7-8(12)6-9/h1,4,8-10H,2-3,5-7,12H2/b4-1+. The normalized spacial score (nSPS) is 40.3. The van der Waals surface area contributed by atoms with E-state index in [1.54, 1.807) is 5.54 Å². The number of nitrogens with zero attached hydrogens (tertiary/aromatic N) is 1. The topological polar surface area (TPSA) is 29.3 Å². The van der Waals surface area contributed by atoms with Crippen molar-refractivity contribution in [3.8, 4) is 0 Å². The Morgan fingerprint density at radius 2 is 1.92 bits per heavy atom. The second-order valence-corrected chi connectivity index (χ2v) is 4.43. The first-order valence-corrected chi connectivity index (χ1v) is 5.51. The van der Waals surface area contributed by atoms with Crippen molar-refractivity contribution in [2.45, 2.75) is 43.8 Å². The van der Waals surface area contributed by atoms with Crippen molar-refractivity contribution in [1.29, 1.82) is 0 Å². The second kappa shape index (κ2) is 3.99. The minimum Gasteiger partial charge on any atom is -0.328 e. The molecule has 74 valence electrons. The molecule has 2 aliphatic rings. The number of fused-ring (bicyclic) bond motifs is 2. The smallest absolute Gasteiger partial charge is 0.0180 e. The van der Waals surface area contributed by atoms with Crippen LogP contribution in [0.4, 0.5) is 0 Å². The maximum absolute atomic E-state index is 5.98. The van der Waals surface area contributed by atoms with E-state index in [9.17, 15) is 0 Å². The zero-order valence-corrected chi connectivity index (χ0v) is 8.58. The largest absolute Gasteiger partial charge is 0.328 e. The summed E-state index contributed by atoms with van der Waals surface area (Å²) < 4.78 is 0. The van der Waals surface area contributed by atoms with Gasteiger partial charge < -0.3 is 5.73 Å². The highest BCUT2D eigenvalue weighted by molar-refractivity contribution is 6.25. The molecule has 0 aromatic rings. The van der Waals surface area contributed by atoms with Crippen LogP contribution in [0.1, 0.15) is 25.7 Å². The lowest BCUT2D eigenvalue weighted by atomic mass is 9.98. The molecule has 2 bridgehead atoms. The quantitative estimate of drug-likeness (QED) is 0.735. The van der Waals surface area contributed by atoms with Crippen LogP contribution in [-0.4, -0.2) is 29.6 Å². The van der Waals surface area contributed by atoms with E-state index in [2.05, 4.69) is 4.90 Å². The molecular formula is C10H17ClN2. The number of halogens is 1. The number of piperidine rings is 1. The van der Waals surface area contributed by atoms with Crippen molar-refractivity contribution in [1.82, 2.24) is 4.90 Å². The van der Waals surface area contributed by atoms with Crippen LogP contribution in [0.15, 0.2) is 11.6 Å². The monoisotopic (exact) mass is 200 g/mol. The highest BCUT2D eigenvalue weighted by Crippen LogP contribution is 2.34. The molecule has 2 nitrogen and oxygen atoms in total. The minimum atomic E-state index is 0.439. The average molecular weight is 201 g/mol. The van der Waals surface area contributed by atoms with Gasteiger partial charge in [-0.15, -0.1) is 0 Å². The molecule has 2 aliphatic heterocycles. The maximum atomic E-state index is 5.98. The molecule has 0 radical (unpaired) electrons. The van der Waals surface area contributed by atoms with E-state index < -0.39 is 0 Å². The predicted molar refractivity (Wildman–Crippen MR) is 55.7 cm³/mol. The highest BCUT2D eigenvalue weighted by Gasteiger charge is 2.38. The van der Waals surface area contributed by atoms with Crippen LogP contribution in [0.5, 0.6) is 0 Å². The van der Waals surface area contributed by atoms with Gasteiger partial charge in [0.15, 0.2) is 0 Å². The first-order chi connectivity index (χ1) is 6.31. The summed E-state index contributed by atoms with van der Waals surface area (Å²) in [5.41, 5.74) is 7.59. The SMILES string of the molecule is NC1CC2CCC(C1)N2C/C=C/Cl. The van der Waals surface area contributed by atoms with Crippen molar-refractivity contribution in [3.63, 3.8) is 0 Å². The zero-order valence-electron chi connectivity index (χ0n) is 7.82. The maximum Gasteiger partial charge on any atom is 0.0180 e. The summed E-state index contributed by atoms with van der Waals surface area (Å²) in [6.07, 6.45) is 7.03. The van der Waals surface area contributed by atoms with Crippen LogP contribution in [0.2, 0.25) is 0 Å². The third kappa shape index (κ3) is 1.90. The Bertz CT molecular complexity index is 191. The molecular weight excluding hydrogens is 184 g/mol. The second-order valence-electron chi connectivity index (χ2n) is 4.17. The van der Waals surface area contributed by atoms with Gasteiger partial charge in [-0.05, 0) is 25.7 Å². The fourth-order valence-corrected chi connectivity index (χ4v) is 2.86. The summed E-state index contributed by atoms with van der Waals surface area (Å²) in [7, 11) is 0. The van der Waals surface area contributed by atoms with E-state index in [-0.39, 0.29) is 0 Å². The van der Waals surface area contributed by atoms with E-state index in [0.29, 0.717) is 6.04 Å². The zero-order chi connectivity index (χ0) is 9.26. The Morgan fingerprint density at radius 3 is 2.46 bits per heavy atom. The van der Waals surface area contributed by atoms with Crippen LogP contribution >= 0.6 is 11.6 Å². The lowest BCUT2D eigenvalue weighted by molar-refractivity contribution is 0.144. The number of rotatable bonds is 2. The minimum absolute atomic E-state index is 0.439. The number of hydrogen-bond donors (Lipinski definition) is 1. The molecule has 2 saturated heterocycles. The molecule has 0 saturated carbocycles. The summed E-state index contributed by atoms with van der Waals surface area (Å²) >= 11 is 5.53. The molecule has 0 aromatic heterocycles. The van der Waals surface area contributed by atoms with Crippen LogP contribution in [0, 0.1) is 0 Å². The van der Waals surface area contributed by atoms with Crippen molar-refractivity contribution in [2.75, 3.05) is 6.54 Å². The highest BCUT2D eigenvalue weighted by atomic mass is 35.5. The number of hydrogen-bond acceptors (Lipinski definition) is 2. The van der Waals surface area contributed by atoms with Crippen molar-refractivity contribution < 1.29 is 0 Å². The van der Waals surface area contributed by atoms with Gasteiger partial charge in [-0.3, -0.25) is 4.90 Å². The van der Waals surface area contributed by atoms with Crippen LogP contribution < -0.4 is 5.73 Å². The van der Waals surface area contributed by atoms with Gasteiger partial charge >= 0.3 is 0 Å². The van der Waals surface area contributed by atoms with Crippen molar-refractivity contribution >= 4 is 11.6 Å². The van der Waals surface area contributed by atoms with E-state index in [1.165, 1.54) is 25.7 Å². The molecule has 2 atom stereocenters. The fourth-order valence-electron chi connectivity index (χ4n) is 2.78. The Labute approximate surface area is 84.7 Å². The Morgan fingerprint density at radius 1 is 1.31 bits per heavy atom. The summed E-state index contributed by atoms with van der Waals surface area (Å²) in [4.78, 5) is 2.56. The molecule has 0 amide bonds. The third-order valence-electron chi connectivity index (χ3n) is 3.33. The van der Waals surface area contributed by atoms with Crippen molar-refractivity contribution in [2.24, 2.45) is 5.73 Å². The molecule has 0 aliphatic carbocycles. The summed E-state index contributed by atoms with van der Waals surface area (Å²) in [5, 5.41) is 0. The number of nitrogens with two attached hydrogens (primary N) is 1. The lowest BCUT2D eigenvalue weighted by Crippen LogP contribution is -2.47. The average Bonchev–Trinajstić information content (AvgIpc) is 2.33. The Hall–Kier alpha value is -0.0500. The summed E-state index contributed by atoms with van der Waals surface area (Å²) in [5.74, 6) is 0. The molecule has 2 heterocycles. The molecule has 13 heavy (non-hydrogen) atoms. The van der Waals surface area contributed by atoms with Gasteiger partial charge in [0.2, 0.25) is 0 Å². The van der Waals surface area contributed by atoms with Gasteiger partial charge in [-0.25, -0.2) is 0 Å². The fraction of sp³-hybridized carbons (Fsp3) is 0.800. The molecule has 2 rings (SSSR count). The lowest BCUT2D eigenvalue weighted by Gasteiger charge is -2.36. The third-order valence-corrected chi connectivity index (χ3v) is 3.50. The van der Waals surface area contributed by atoms with E-state index >= 15 is 0 Å². The van der Waals surface area contributed by atoms with E-state index in [0.717, 1.165) is 18.6 Å². The predicted octanol–water partition coefficient (Wildman–Crippen LogP) is 1.69. The Balaban J connectivity index is 1.98. The van der Waals surface area contributed by atoms with E-state index in [4.69, 9.17) is 17.3 Å². The van der Waals surface area contributed by atoms with Gasteiger partial charge in [0.25, 0.3) is 0 Å². The summed E-state index contributed by atoms with van der Waals surface area (Å²) in [6.45, 7) is 1.01. The molecule has 3 heteroatoms. The van der Waals surface area contributed by atoms with E-state index in [1.807, 2.05) is 6.08 Å². The molecule has 2 fully saturated rings. The van der Waals surface area contributed by atoms with Crippen molar-refractivity contribution in [3.05, 3.63) is 11.6 Å². The molecule has 2 N–H and O–H groups in total. The molecule has 0 spiro atoms. The Kier molecular flexibility index (Phi) is 2.92. The van der Waals surface area contributed by atoms with Gasteiger partial charge in [0.05, 0.1) is 0 Å². The van der Waals surface area contributed by atoms with Crippen LogP contribution in [0.25, 0.3) is 0 Å². The summed E-state index contributed by atoms with van der Waals surface area (Å²) in [6, 6.07) is 1.89.